The maximum atomic E-state index is 15.2. The smallest absolute Gasteiger partial charge is 0.329 e. The van der Waals surface area contributed by atoms with Crippen LogP contribution in [0.2, 0.25) is 0 Å². The van der Waals surface area contributed by atoms with E-state index in [1.54, 1.807) is 27.8 Å². The van der Waals surface area contributed by atoms with Crippen LogP contribution in [0.15, 0.2) is 122 Å². The van der Waals surface area contributed by atoms with Crippen LogP contribution in [0.5, 0.6) is 0 Å². The molecular formula is C68H90N10O12. The second-order valence-corrected chi connectivity index (χ2v) is 25.4. The molecule has 0 bridgehead atoms. The zero-order valence-electron chi connectivity index (χ0n) is 54.5. The lowest BCUT2D eigenvalue weighted by atomic mass is 9.99. The van der Waals surface area contributed by atoms with Crippen molar-refractivity contribution < 1.29 is 57.3 Å². The Balaban J connectivity index is 1.24. The molecule has 22 nitrogen and oxygen atoms in total. The van der Waals surface area contributed by atoms with E-state index in [2.05, 4.69) is 10.2 Å². The summed E-state index contributed by atoms with van der Waals surface area (Å²) >= 11 is 0. The van der Waals surface area contributed by atoms with Gasteiger partial charge < -0.3 is 47.7 Å². The van der Waals surface area contributed by atoms with Crippen molar-refractivity contribution >= 4 is 47.5 Å². The van der Waals surface area contributed by atoms with Gasteiger partial charge in [-0.1, -0.05) is 104 Å². The number of cyclic esters (lactones) is 4. The van der Waals surface area contributed by atoms with E-state index >= 15 is 9.59 Å². The number of benzene rings is 2. The second-order valence-electron chi connectivity index (χ2n) is 25.4. The molecule has 2 aromatic carbocycles. The van der Waals surface area contributed by atoms with Crippen molar-refractivity contribution in [2.24, 2.45) is 23.7 Å². The summed E-state index contributed by atoms with van der Waals surface area (Å²) < 4.78 is 31.9. The largest absolute Gasteiger partial charge is 0.451 e. The number of esters is 4. The summed E-state index contributed by atoms with van der Waals surface area (Å²) in [7, 11) is 5.58. The molecule has 5 heterocycles. The van der Waals surface area contributed by atoms with Crippen molar-refractivity contribution in [1.29, 1.82) is 0 Å². The Hall–Kier alpha value is -8.82. The third kappa shape index (κ3) is 18.2. The van der Waals surface area contributed by atoms with Crippen LogP contribution < -0.4 is 0 Å². The number of amides is 4. The average Bonchev–Trinajstić information content (AvgIpc) is 1.85. The maximum Gasteiger partial charge on any atom is 0.329 e. The van der Waals surface area contributed by atoms with Crippen molar-refractivity contribution in [1.82, 2.24) is 48.3 Å². The van der Waals surface area contributed by atoms with Crippen molar-refractivity contribution in [2.45, 2.75) is 169 Å². The van der Waals surface area contributed by atoms with Gasteiger partial charge in [0, 0.05) is 78.2 Å². The van der Waals surface area contributed by atoms with Gasteiger partial charge in [-0.15, -0.1) is 0 Å². The fourth-order valence-corrected chi connectivity index (χ4v) is 11.1. The highest BCUT2D eigenvalue weighted by Gasteiger charge is 2.43. The summed E-state index contributed by atoms with van der Waals surface area (Å²) in [5.74, 6) is -7.56. The molecule has 0 unspecified atom stereocenters. The van der Waals surface area contributed by atoms with E-state index in [9.17, 15) is 28.8 Å². The molecule has 4 aromatic heterocycles. The lowest BCUT2D eigenvalue weighted by molar-refractivity contribution is -0.176. The van der Waals surface area contributed by atoms with Gasteiger partial charge in [0.05, 0.1) is 36.9 Å². The van der Waals surface area contributed by atoms with Gasteiger partial charge in [-0.3, -0.25) is 28.5 Å². The Kier molecular flexibility index (Phi) is 23.7. The lowest BCUT2D eigenvalue weighted by Crippen LogP contribution is -2.55. The number of nitrogens with zero attached hydrogens (tertiary/aromatic N) is 10. The molecule has 0 radical (unpaired) electrons. The molecule has 0 spiro atoms. The molecule has 0 saturated carbocycles. The van der Waals surface area contributed by atoms with E-state index in [1.807, 2.05) is 168 Å². The quantitative estimate of drug-likeness (QED) is 0.0592. The summed E-state index contributed by atoms with van der Waals surface area (Å²) in [6.45, 7) is 18.4. The van der Waals surface area contributed by atoms with Crippen molar-refractivity contribution in [2.75, 3.05) is 28.2 Å². The maximum absolute atomic E-state index is 15.2. The monoisotopic (exact) mass is 1240 g/mol. The van der Waals surface area contributed by atoms with Crippen LogP contribution in [-0.4, -0.2) is 173 Å². The summed E-state index contributed by atoms with van der Waals surface area (Å²) in [5.41, 5.74) is 4.67. The first-order valence-corrected chi connectivity index (χ1v) is 31.0. The van der Waals surface area contributed by atoms with Crippen LogP contribution in [0.3, 0.4) is 0 Å². The highest BCUT2D eigenvalue weighted by Crippen LogP contribution is 2.25. The van der Waals surface area contributed by atoms with Crippen LogP contribution in [0.4, 0.5) is 0 Å². The zero-order chi connectivity index (χ0) is 65.7. The molecule has 484 valence electrons. The Morgan fingerprint density at radius 1 is 0.400 bits per heavy atom. The number of aromatic nitrogens is 6. The minimum atomic E-state index is -1.57. The molecule has 1 saturated heterocycles. The zero-order valence-corrected chi connectivity index (χ0v) is 54.5. The summed E-state index contributed by atoms with van der Waals surface area (Å²) in [6.07, 6.45) is 8.84. The van der Waals surface area contributed by atoms with E-state index in [1.165, 1.54) is 46.9 Å². The molecule has 7 rings (SSSR count). The normalized spacial score (nSPS) is 22.0. The summed E-state index contributed by atoms with van der Waals surface area (Å²) in [4.78, 5) is 123. The molecule has 0 N–H and O–H groups in total. The number of likely N-dealkylation sites (N-methyl/N-ethyl adjacent to an activating group) is 4. The molecule has 1 fully saturated rings. The van der Waals surface area contributed by atoms with Gasteiger partial charge in [-0.05, 0) is 110 Å². The van der Waals surface area contributed by atoms with Crippen LogP contribution in [0.1, 0.15) is 117 Å². The Bertz CT molecular complexity index is 3370. The molecule has 8 atom stereocenters. The lowest BCUT2D eigenvalue weighted by Gasteiger charge is -2.35. The van der Waals surface area contributed by atoms with Gasteiger partial charge in [0.15, 0.2) is 24.4 Å². The predicted octanol–water partition coefficient (Wildman–Crippen LogP) is 7.74. The van der Waals surface area contributed by atoms with Crippen molar-refractivity contribution in [3.05, 3.63) is 145 Å². The van der Waals surface area contributed by atoms with Crippen LogP contribution in [-0.2, 0) is 83.2 Å². The second kappa shape index (κ2) is 31.1. The number of rotatable bonds is 18. The minimum Gasteiger partial charge on any atom is -0.451 e. The topological polar surface area (TPSA) is 232 Å². The molecule has 0 aliphatic carbocycles. The molecule has 22 heteroatoms. The van der Waals surface area contributed by atoms with E-state index in [0.717, 1.165) is 37.2 Å². The molecule has 90 heavy (non-hydrogen) atoms. The Morgan fingerprint density at radius 3 is 1.10 bits per heavy atom. The number of carbonyl (C=O) groups is 8. The Labute approximate surface area is 528 Å². The van der Waals surface area contributed by atoms with Gasteiger partial charge in [-0.25, -0.2) is 19.2 Å². The number of carbonyl (C=O) groups excluding carboxylic acids is 8. The highest BCUT2D eigenvalue weighted by atomic mass is 16.6. The third-order valence-electron chi connectivity index (χ3n) is 16.1. The molecule has 1 aliphatic rings. The van der Waals surface area contributed by atoms with Crippen LogP contribution in [0, 0.1) is 23.7 Å². The van der Waals surface area contributed by atoms with Gasteiger partial charge in [0.1, 0.15) is 24.2 Å². The van der Waals surface area contributed by atoms with Gasteiger partial charge in [0.2, 0.25) is 0 Å². The van der Waals surface area contributed by atoms with Crippen LogP contribution in [0.25, 0.3) is 11.4 Å². The standard InChI is InChI=1S/C68H90N10O12/c1-43(2)30-55-65(83)87-48(10)62(80)72(12)58(33-46(7)8)68(86)90-60(36-51-20-19-21-52(34-51)40-78-42-54(38-70-78)76-28-17-18-29-76)64(82)74(14)56(31-44(3)4)66(84)88-47(9)61(79)71(11)57(32-45(5)6)67(85)89-59(63(81)73(55)13)35-49-22-24-50(25-23-49)39-77-41-53(37-69-77)75-26-15-16-27-75/h15-29,34,37-38,41-48,55-60H,30-33,35-36,39-40H2,1-14H3/t47-,48-,55+,56+,57+,58+,59-,60-/m1/s1. The number of hydrogen-bond acceptors (Lipinski definition) is 14. The summed E-state index contributed by atoms with van der Waals surface area (Å²) in [6, 6.07) is 17.2. The average molecular weight is 1240 g/mol. The Morgan fingerprint density at radius 2 is 0.722 bits per heavy atom. The van der Waals surface area contributed by atoms with E-state index < -0.39 is 96.1 Å². The number of ether oxygens (including phenoxy) is 4. The predicted molar refractivity (Wildman–Crippen MR) is 337 cm³/mol. The van der Waals surface area contributed by atoms with Gasteiger partial charge in [0.25, 0.3) is 23.6 Å². The van der Waals surface area contributed by atoms with E-state index in [4.69, 9.17) is 18.9 Å². The van der Waals surface area contributed by atoms with Crippen molar-refractivity contribution in [3.63, 3.8) is 0 Å². The van der Waals surface area contributed by atoms with E-state index in [-0.39, 0.29) is 62.2 Å². The fourth-order valence-electron chi connectivity index (χ4n) is 11.1. The van der Waals surface area contributed by atoms with Gasteiger partial charge >= 0.3 is 23.9 Å². The highest BCUT2D eigenvalue weighted by molar-refractivity contribution is 5.94. The SMILES string of the molecule is CC(C)C[C@H]1C(=O)O[C@H](Cc2cccc(Cn3cc(-n4cccc4)cn3)c2)C(=O)N(C)[C@@H](CC(C)C)C(=O)O[C@H](C)C(=O)N(C)[C@@H](CC(C)C)C(=O)O[C@H](Cc2ccc(Cn3cc(-n4cccc4)cn3)cc2)C(=O)N(C)[C@@H](CC(C)C)C(=O)O[C@H](C)C(=O)N1C. The van der Waals surface area contributed by atoms with Crippen molar-refractivity contribution in [3.8, 4) is 11.4 Å². The number of hydrogen-bond donors (Lipinski definition) is 0. The minimum absolute atomic E-state index is 0.0691. The molecular weight excluding hydrogens is 1150 g/mol. The molecule has 4 amide bonds. The fraction of sp³-hybridized carbons (Fsp3) is 0.500. The van der Waals surface area contributed by atoms with Gasteiger partial charge in [-0.2, -0.15) is 10.2 Å². The molecule has 1 aliphatic heterocycles. The first-order chi connectivity index (χ1) is 42.7. The molecule has 6 aromatic rings. The first kappa shape index (κ1) is 68.7. The summed E-state index contributed by atoms with van der Waals surface area (Å²) in [5, 5.41) is 9.06. The van der Waals surface area contributed by atoms with Crippen LogP contribution >= 0.6 is 0 Å². The first-order valence-electron chi connectivity index (χ1n) is 31.0. The third-order valence-corrected chi connectivity index (χ3v) is 16.1. The van der Waals surface area contributed by atoms with E-state index in [0.29, 0.717) is 24.2 Å².